The van der Waals surface area contributed by atoms with Gasteiger partial charge in [0, 0.05) is 5.02 Å². The van der Waals surface area contributed by atoms with E-state index < -0.39 is 5.97 Å². The fourth-order valence-corrected chi connectivity index (χ4v) is 1.50. The summed E-state index contributed by atoms with van der Waals surface area (Å²) < 4.78 is 17.9. The Hall–Kier alpha value is -1.13. The lowest BCUT2D eigenvalue weighted by Crippen LogP contribution is -2.09. The zero-order valence-electron chi connectivity index (χ0n) is 8.80. The fourth-order valence-electron chi connectivity index (χ4n) is 1.25. The van der Waals surface area contributed by atoms with E-state index in [0.29, 0.717) is 17.0 Å². The first kappa shape index (κ1) is 12.9. The number of benzene rings is 1. The van der Waals surface area contributed by atoms with E-state index in [1.165, 1.54) is 6.07 Å². The van der Waals surface area contributed by atoms with Crippen molar-refractivity contribution in [2.45, 2.75) is 13.3 Å². The molecule has 0 unspecified atom stereocenters. The molecule has 0 aliphatic rings. The number of hydrogen-bond acceptors (Lipinski definition) is 2. The normalized spacial score (nSPS) is 10.4. The van der Waals surface area contributed by atoms with Gasteiger partial charge in [-0.05, 0) is 30.5 Å². The van der Waals surface area contributed by atoms with Gasteiger partial charge in [0.25, 0.3) is 0 Å². The van der Waals surface area contributed by atoms with Crippen molar-refractivity contribution in [3.63, 3.8) is 0 Å². The summed E-state index contributed by atoms with van der Waals surface area (Å²) in [6.07, 6.45) is 0.466. The number of carboxylic acid groups (broad SMARTS) is 1. The van der Waals surface area contributed by atoms with Crippen molar-refractivity contribution in [3.8, 4) is 0 Å². The molecule has 0 amide bonds. The lowest BCUT2D eigenvalue weighted by molar-refractivity contribution is -0.142. The smallest absolute Gasteiger partial charge is 0.329 e. The first-order chi connectivity index (χ1) is 7.50. The zero-order valence-corrected chi connectivity index (χ0v) is 9.55. The number of ether oxygens (including phenoxy) is 1. The molecule has 1 aromatic rings. The van der Waals surface area contributed by atoms with Crippen LogP contribution in [0.5, 0.6) is 0 Å². The van der Waals surface area contributed by atoms with Crippen molar-refractivity contribution >= 4 is 17.6 Å². The summed E-state index contributed by atoms with van der Waals surface area (Å²) in [6.45, 7) is 1.56. The fraction of sp³-hybridized carbons (Fsp3) is 0.364. The molecule has 0 spiro atoms. The van der Waals surface area contributed by atoms with Gasteiger partial charge >= 0.3 is 5.97 Å². The largest absolute Gasteiger partial charge is 0.480 e. The van der Waals surface area contributed by atoms with Crippen LogP contribution in [0.15, 0.2) is 12.1 Å². The number of halogens is 2. The highest BCUT2D eigenvalue weighted by molar-refractivity contribution is 6.31. The van der Waals surface area contributed by atoms with Crippen LogP contribution >= 0.6 is 11.6 Å². The van der Waals surface area contributed by atoms with Crippen LogP contribution in [0.3, 0.4) is 0 Å². The molecule has 0 heterocycles. The molecule has 0 aromatic heterocycles. The van der Waals surface area contributed by atoms with Gasteiger partial charge in [0.1, 0.15) is 12.4 Å². The molecule has 16 heavy (non-hydrogen) atoms. The third-order valence-corrected chi connectivity index (χ3v) is 2.42. The molecule has 0 saturated heterocycles. The monoisotopic (exact) mass is 246 g/mol. The molecule has 1 N–H and O–H groups in total. The molecule has 0 saturated carbocycles. The molecule has 1 aromatic carbocycles. The second-order valence-corrected chi connectivity index (χ2v) is 3.80. The van der Waals surface area contributed by atoms with Gasteiger partial charge in [-0.25, -0.2) is 9.18 Å². The summed E-state index contributed by atoms with van der Waals surface area (Å²) in [5.41, 5.74) is 1.27. The highest BCUT2D eigenvalue weighted by atomic mass is 35.5. The minimum absolute atomic E-state index is 0.247. The summed E-state index contributed by atoms with van der Waals surface area (Å²) in [7, 11) is 0. The Morgan fingerprint density at radius 2 is 2.25 bits per heavy atom. The Balaban J connectivity index is 2.54. The van der Waals surface area contributed by atoms with E-state index >= 15 is 0 Å². The van der Waals surface area contributed by atoms with Crippen molar-refractivity contribution < 1.29 is 19.0 Å². The summed E-state index contributed by atoms with van der Waals surface area (Å²) in [5, 5.41) is 8.68. The van der Waals surface area contributed by atoms with Crippen molar-refractivity contribution in [1.29, 1.82) is 0 Å². The Kier molecular flexibility index (Phi) is 4.71. The average molecular weight is 247 g/mol. The molecule has 0 fully saturated rings. The van der Waals surface area contributed by atoms with Crippen LogP contribution in [0.1, 0.15) is 11.1 Å². The number of rotatable bonds is 5. The first-order valence-corrected chi connectivity index (χ1v) is 5.12. The minimum atomic E-state index is -1.01. The quantitative estimate of drug-likeness (QED) is 0.812. The van der Waals surface area contributed by atoms with Gasteiger partial charge in [0.05, 0.1) is 6.61 Å². The molecule has 5 heteroatoms. The first-order valence-electron chi connectivity index (χ1n) is 4.74. The van der Waals surface area contributed by atoms with E-state index in [0.717, 1.165) is 5.56 Å². The summed E-state index contributed by atoms with van der Waals surface area (Å²) >= 11 is 5.83. The van der Waals surface area contributed by atoms with Crippen LogP contribution in [0.25, 0.3) is 0 Å². The molecule has 0 aliphatic carbocycles. The number of carbonyl (C=O) groups is 1. The van der Waals surface area contributed by atoms with Crippen molar-refractivity contribution in [2.24, 2.45) is 0 Å². The maximum Gasteiger partial charge on any atom is 0.329 e. The van der Waals surface area contributed by atoms with Crippen LogP contribution in [-0.2, 0) is 16.0 Å². The predicted octanol–water partition coefficient (Wildman–Crippen LogP) is 2.43. The maximum atomic E-state index is 13.1. The number of carboxylic acids is 1. The molecular weight excluding hydrogens is 235 g/mol. The van der Waals surface area contributed by atoms with Gasteiger partial charge in [-0.2, -0.15) is 0 Å². The van der Waals surface area contributed by atoms with Crippen molar-refractivity contribution in [1.82, 2.24) is 0 Å². The second-order valence-electron chi connectivity index (χ2n) is 3.39. The van der Waals surface area contributed by atoms with Crippen LogP contribution in [0.4, 0.5) is 4.39 Å². The second kappa shape index (κ2) is 5.82. The molecule has 0 radical (unpaired) electrons. The van der Waals surface area contributed by atoms with E-state index in [-0.39, 0.29) is 19.0 Å². The molecule has 88 valence electrons. The molecule has 3 nitrogen and oxygen atoms in total. The average Bonchev–Trinajstić information content (AvgIpc) is 2.19. The highest BCUT2D eigenvalue weighted by Crippen LogP contribution is 2.20. The molecular formula is C11H12ClFO3. The number of aryl methyl sites for hydroxylation is 1. The summed E-state index contributed by atoms with van der Waals surface area (Å²) in [6, 6.07) is 2.89. The third kappa shape index (κ3) is 3.79. The molecule has 0 aliphatic heterocycles. The SMILES string of the molecule is Cc1cc(CCOCC(=O)O)c(Cl)cc1F. The van der Waals surface area contributed by atoms with Gasteiger partial charge in [0.2, 0.25) is 0 Å². The summed E-state index contributed by atoms with van der Waals surface area (Å²) in [4.78, 5) is 10.2. The highest BCUT2D eigenvalue weighted by Gasteiger charge is 2.06. The lowest BCUT2D eigenvalue weighted by Gasteiger charge is -2.06. The van der Waals surface area contributed by atoms with Crippen LogP contribution in [0.2, 0.25) is 5.02 Å². The minimum Gasteiger partial charge on any atom is -0.480 e. The molecule has 0 atom stereocenters. The molecule has 0 bridgehead atoms. The van der Waals surface area contributed by atoms with Crippen LogP contribution in [0, 0.1) is 12.7 Å². The van der Waals surface area contributed by atoms with Crippen molar-refractivity contribution in [2.75, 3.05) is 13.2 Å². The van der Waals surface area contributed by atoms with Gasteiger partial charge in [-0.3, -0.25) is 0 Å². The van der Waals surface area contributed by atoms with E-state index in [2.05, 4.69) is 0 Å². The standard InChI is InChI=1S/C11H12ClFO3/c1-7-4-8(9(12)5-10(7)13)2-3-16-6-11(14)15/h4-5H,2-3,6H2,1H3,(H,14,15). The van der Waals surface area contributed by atoms with E-state index in [4.69, 9.17) is 21.4 Å². The summed E-state index contributed by atoms with van der Waals surface area (Å²) in [5.74, 6) is -1.36. The third-order valence-electron chi connectivity index (χ3n) is 2.07. The Morgan fingerprint density at radius 3 is 2.88 bits per heavy atom. The van der Waals surface area contributed by atoms with E-state index in [9.17, 15) is 9.18 Å². The Labute approximate surface area is 97.8 Å². The zero-order chi connectivity index (χ0) is 12.1. The van der Waals surface area contributed by atoms with E-state index in [1.54, 1.807) is 13.0 Å². The number of aliphatic carboxylic acids is 1. The van der Waals surface area contributed by atoms with Crippen LogP contribution in [-0.4, -0.2) is 24.3 Å². The Morgan fingerprint density at radius 1 is 1.56 bits per heavy atom. The number of hydrogen-bond donors (Lipinski definition) is 1. The lowest BCUT2D eigenvalue weighted by atomic mass is 10.1. The van der Waals surface area contributed by atoms with E-state index in [1.807, 2.05) is 0 Å². The maximum absolute atomic E-state index is 13.1. The van der Waals surface area contributed by atoms with Gasteiger partial charge < -0.3 is 9.84 Å². The predicted molar refractivity (Wildman–Crippen MR) is 58.3 cm³/mol. The van der Waals surface area contributed by atoms with Crippen molar-refractivity contribution in [3.05, 3.63) is 34.1 Å². The Bertz CT molecular complexity index is 393. The topological polar surface area (TPSA) is 46.5 Å². The van der Waals surface area contributed by atoms with Gasteiger partial charge in [-0.1, -0.05) is 17.7 Å². The van der Waals surface area contributed by atoms with Crippen LogP contribution < -0.4 is 0 Å². The van der Waals surface area contributed by atoms with Gasteiger partial charge in [0.15, 0.2) is 0 Å². The van der Waals surface area contributed by atoms with Gasteiger partial charge in [-0.15, -0.1) is 0 Å². The molecule has 1 rings (SSSR count).